The van der Waals surface area contributed by atoms with Crippen molar-refractivity contribution in [3.63, 3.8) is 0 Å². The Morgan fingerprint density at radius 3 is 2.50 bits per heavy atom. The number of rotatable bonds is 6. The Labute approximate surface area is 181 Å². The summed E-state index contributed by atoms with van der Waals surface area (Å²) in [4.78, 5) is 14.7. The molecule has 0 spiro atoms. The van der Waals surface area contributed by atoms with E-state index in [1.807, 2.05) is 32.0 Å². The summed E-state index contributed by atoms with van der Waals surface area (Å²) in [7, 11) is -3.24. The van der Waals surface area contributed by atoms with Gasteiger partial charge in [-0.1, -0.05) is 23.7 Å². The van der Waals surface area contributed by atoms with Gasteiger partial charge >= 0.3 is 0 Å². The molecule has 0 radical (unpaired) electrons. The van der Waals surface area contributed by atoms with Crippen molar-refractivity contribution in [2.75, 3.05) is 11.5 Å². The first-order valence-corrected chi connectivity index (χ1v) is 11.9. The van der Waals surface area contributed by atoms with Crippen molar-refractivity contribution < 1.29 is 22.3 Å². The van der Waals surface area contributed by atoms with E-state index < -0.39 is 33.7 Å². The third-order valence-electron chi connectivity index (χ3n) is 5.18. The van der Waals surface area contributed by atoms with Crippen molar-refractivity contribution in [3.05, 3.63) is 63.9 Å². The van der Waals surface area contributed by atoms with E-state index in [0.29, 0.717) is 12.2 Å². The number of benzene rings is 2. The highest BCUT2D eigenvalue weighted by Crippen LogP contribution is 2.27. The fraction of sp³-hybridized carbons (Fsp3) is 0.409. The van der Waals surface area contributed by atoms with Crippen LogP contribution in [0.2, 0.25) is 5.02 Å². The van der Waals surface area contributed by atoms with Gasteiger partial charge in [0.15, 0.2) is 15.9 Å². The van der Waals surface area contributed by atoms with E-state index in [1.165, 1.54) is 17.0 Å². The molecule has 2 atom stereocenters. The van der Waals surface area contributed by atoms with E-state index >= 15 is 0 Å². The molecule has 30 heavy (non-hydrogen) atoms. The first kappa shape index (κ1) is 22.6. The topological polar surface area (TPSA) is 63.7 Å². The lowest BCUT2D eigenvalue weighted by Crippen LogP contribution is -2.46. The molecule has 1 saturated heterocycles. The summed E-state index contributed by atoms with van der Waals surface area (Å²) in [5.74, 6) is -0.546. The normalized spacial score (nSPS) is 18.8. The second-order valence-electron chi connectivity index (χ2n) is 7.81. The number of carbonyl (C=O) groups excluding carboxylic acids is 1. The predicted molar refractivity (Wildman–Crippen MR) is 115 cm³/mol. The van der Waals surface area contributed by atoms with Gasteiger partial charge in [0.1, 0.15) is 11.6 Å². The second-order valence-corrected chi connectivity index (χ2v) is 10.4. The molecule has 1 aliphatic heterocycles. The second kappa shape index (κ2) is 8.94. The first-order chi connectivity index (χ1) is 14.1. The standard InChI is InChI=1S/C22H25ClFNO4S/c1-14-9-15(2)11-18(10-14)29-16(3)22(26)25(17-7-8-30(27,28)13-17)12-19-20(23)5-4-6-21(19)24/h4-6,9-11,16-17H,7-8,12-13H2,1-3H3/t16-,17+/m1/s1. The van der Waals surface area contributed by atoms with E-state index in [0.717, 1.165) is 11.1 Å². The Bertz CT molecular complexity index is 1020. The highest BCUT2D eigenvalue weighted by atomic mass is 35.5. The minimum absolute atomic E-state index is 0.00123. The van der Waals surface area contributed by atoms with Crippen molar-refractivity contribution >= 4 is 27.3 Å². The summed E-state index contributed by atoms with van der Waals surface area (Å²) in [6.45, 7) is 5.36. The predicted octanol–water partition coefficient (Wildman–Crippen LogP) is 4.08. The number of amides is 1. The molecule has 1 heterocycles. The fourth-order valence-corrected chi connectivity index (χ4v) is 5.70. The molecule has 0 saturated carbocycles. The lowest BCUT2D eigenvalue weighted by atomic mass is 10.1. The summed E-state index contributed by atoms with van der Waals surface area (Å²) in [5.41, 5.74) is 2.17. The molecule has 0 bridgehead atoms. The van der Waals surface area contributed by atoms with Crippen LogP contribution < -0.4 is 4.74 Å². The van der Waals surface area contributed by atoms with Crippen LogP contribution in [-0.2, 0) is 21.2 Å². The van der Waals surface area contributed by atoms with E-state index in [4.69, 9.17) is 16.3 Å². The van der Waals surface area contributed by atoms with Gasteiger partial charge in [-0.05, 0) is 62.6 Å². The largest absolute Gasteiger partial charge is 0.481 e. The molecule has 5 nitrogen and oxygen atoms in total. The number of hydrogen-bond acceptors (Lipinski definition) is 4. The smallest absolute Gasteiger partial charge is 0.263 e. The number of hydrogen-bond donors (Lipinski definition) is 0. The van der Waals surface area contributed by atoms with Crippen molar-refractivity contribution in [3.8, 4) is 5.75 Å². The molecule has 1 aliphatic rings. The summed E-state index contributed by atoms with van der Waals surface area (Å²) in [6.07, 6.45) is -0.573. The molecule has 0 aliphatic carbocycles. The summed E-state index contributed by atoms with van der Waals surface area (Å²) in [6, 6.07) is 9.40. The molecular weight excluding hydrogens is 429 g/mol. The van der Waals surface area contributed by atoms with E-state index in [-0.39, 0.29) is 28.6 Å². The Hall–Kier alpha value is -2.12. The van der Waals surface area contributed by atoms with Crippen molar-refractivity contribution in [1.29, 1.82) is 0 Å². The number of sulfone groups is 1. The SMILES string of the molecule is Cc1cc(C)cc(O[C@H](C)C(=O)N(Cc2c(F)cccc2Cl)[C@H]2CCS(=O)(=O)C2)c1. The lowest BCUT2D eigenvalue weighted by Gasteiger charge is -2.31. The van der Waals surface area contributed by atoms with Crippen molar-refractivity contribution in [1.82, 2.24) is 4.90 Å². The number of carbonyl (C=O) groups is 1. The van der Waals surface area contributed by atoms with Gasteiger partial charge in [-0.2, -0.15) is 0 Å². The molecule has 2 aromatic rings. The van der Waals surface area contributed by atoms with E-state index in [9.17, 15) is 17.6 Å². The van der Waals surface area contributed by atoms with Crippen LogP contribution in [0.5, 0.6) is 5.75 Å². The molecule has 3 rings (SSSR count). The van der Waals surface area contributed by atoms with Crippen LogP contribution in [0.25, 0.3) is 0 Å². The monoisotopic (exact) mass is 453 g/mol. The minimum Gasteiger partial charge on any atom is -0.481 e. The zero-order valence-electron chi connectivity index (χ0n) is 17.2. The van der Waals surface area contributed by atoms with E-state index in [2.05, 4.69) is 0 Å². The fourth-order valence-electron chi connectivity index (χ4n) is 3.75. The van der Waals surface area contributed by atoms with Crippen LogP contribution in [0.3, 0.4) is 0 Å². The average molecular weight is 454 g/mol. The summed E-state index contributed by atoms with van der Waals surface area (Å²) < 4.78 is 44.3. The number of aryl methyl sites for hydroxylation is 2. The van der Waals surface area contributed by atoms with Crippen molar-refractivity contribution in [2.24, 2.45) is 0 Å². The third kappa shape index (κ3) is 5.32. The number of ether oxygens (including phenoxy) is 1. The highest BCUT2D eigenvalue weighted by molar-refractivity contribution is 7.91. The van der Waals surface area contributed by atoms with Crippen LogP contribution in [0.1, 0.15) is 30.0 Å². The third-order valence-corrected chi connectivity index (χ3v) is 7.28. The van der Waals surface area contributed by atoms with Crippen LogP contribution in [0.15, 0.2) is 36.4 Å². The molecule has 1 amide bonds. The van der Waals surface area contributed by atoms with Gasteiger partial charge in [0.25, 0.3) is 5.91 Å². The Kier molecular flexibility index (Phi) is 6.72. The summed E-state index contributed by atoms with van der Waals surface area (Å²) >= 11 is 6.16. The average Bonchev–Trinajstić information content (AvgIpc) is 2.99. The molecule has 2 aromatic carbocycles. The van der Waals surface area contributed by atoms with Crippen molar-refractivity contribution in [2.45, 2.75) is 45.9 Å². The molecular formula is C22H25ClFNO4S. The summed E-state index contributed by atoms with van der Waals surface area (Å²) in [5, 5.41) is 0.191. The van der Waals surface area contributed by atoms with Gasteiger partial charge in [-0.15, -0.1) is 0 Å². The molecule has 0 aromatic heterocycles. The van der Waals surface area contributed by atoms with Gasteiger partial charge in [0, 0.05) is 16.6 Å². The van der Waals surface area contributed by atoms with Gasteiger partial charge in [-0.25, -0.2) is 12.8 Å². The maximum Gasteiger partial charge on any atom is 0.263 e. The molecule has 162 valence electrons. The number of halogens is 2. The van der Waals surface area contributed by atoms with Crippen LogP contribution in [0.4, 0.5) is 4.39 Å². The zero-order chi connectivity index (χ0) is 22.1. The lowest BCUT2D eigenvalue weighted by molar-refractivity contribution is -0.140. The van der Waals surface area contributed by atoms with Crippen LogP contribution in [-0.4, -0.2) is 42.9 Å². The van der Waals surface area contributed by atoms with Gasteiger partial charge < -0.3 is 9.64 Å². The van der Waals surface area contributed by atoms with Gasteiger partial charge in [0.2, 0.25) is 0 Å². The van der Waals surface area contributed by atoms with Crippen LogP contribution >= 0.6 is 11.6 Å². The maximum absolute atomic E-state index is 14.4. The zero-order valence-corrected chi connectivity index (χ0v) is 18.8. The van der Waals surface area contributed by atoms with E-state index in [1.54, 1.807) is 13.0 Å². The van der Waals surface area contributed by atoms with Gasteiger partial charge in [-0.3, -0.25) is 4.79 Å². The number of nitrogens with zero attached hydrogens (tertiary/aromatic N) is 1. The molecule has 0 N–H and O–H groups in total. The first-order valence-electron chi connectivity index (χ1n) is 9.74. The molecule has 8 heteroatoms. The quantitative estimate of drug-likeness (QED) is 0.661. The van der Waals surface area contributed by atoms with Crippen LogP contribution in [0, 0.1) is 19.7 Å². The minimum atomic E-state index is -3.24. The maximum atomic E-state index is 14.4. The Balaban J connectivity index is 1.87. The Morgan fingerprint density at radius 2 is 1.93 bits per heavy atom. The molecule has 1 fully saturated rings. The Morgan fingerprint density at radius 1 is 1.27 bits per heavy atom. The highest BCUT2D eigenvalue weighted by Gasteiger charge is 2.37. The molecule has 0 unspecified atom stereocenters. The van der Waals surface area contributed by atoms with Gasteiger partial charge in [0.05, 0.1) is 18.1 Å².